The first-order valence-electron chi connectivity index (χ1n) is 8.54. The van der Waals surface area contributed by atoms with Gasteiger partial charge in [-0.3, -0.25) is 4.79 Å². The average Bonchev–Trinajstić information content (AvgIpc) is 3.04. The predicted octanol–water partition coefficient (Wildman–Crippen LogP) is 4.27. The molecule has 8 heteroatoms. The third kappa shape index (κ3) is 4.82. The summed E-state index contributed by atoms with van der Waals surface area (Å²) in [5, 5.41) is 4.19. The molecule has 1 amide bonds. The van der Waals surface area contributed by atoms with Crippen LogP contribution in [-0.4, -0.2) is 25.1 Å². The van der Waals surface area contributed by atoms with Crippen molar-refractivity contribution in [1.29, 1.82) is 0 Å². The second kappa shape index (κ2) is 8.47. The second-order valence-electron chi connectivity index (χ2n) is 6.40. The summed E-state index contributed by atoms with van der Waals surface area (Å²) in [6.07, 6.45) is 2.80. The number of amides is 1. The molecule has 1 atom stereocenters. The molecule has 144 valence electrons. The van der Waals surface area contributed by atoms with Crippen LogP contribution in [0.2, 0.25) is 0 Å². The molecule has 0 fully saturated rings. The fourth-order valence-corrected chi connectivity index (χ4v) is 4.25. The number of fused-ring (bicyclic) bond motifs is 1. The molecule has 1 aliphatic rings. The van der Waals surface area contributed by atoms with Gasteiger partial charge in [0, 0.05) is 10.3 Å². The van der Waals surface area contributed by atoms with E-state index < -0.39 is 25.1 Å². The van der Waals surface area contributed by atoms with Gasteiger partial charge in [0.25, 0.3) is 5.91 Å². The molecule has 1 unspecified atom stereocenters. The van der Waals surface area contributed by atoms with Gasteiger partial charge in [-0.1, -0.05) is 19.1 Å². The molecule has 0 aliphatic heterocycles. The van der Waals surface area contributed by atoms with E-state index in [0.29, 0.717) is 11.5 Å². The number of carbonyl (C=O) groups is 2. The molecule has 0 spiro atoms. The lowest BCUT2D eigenvalue weighted by atomic mass is 9.88. The van der Waals surface area contributed by atoms with Gasteiger partial charge in [-0.2, -0.15) is 8.78 Å². The van der Waals surface area contributed by atoms with Gasteiger partial charge in [-0.25, -0.2) is 4.79 Å². The summed E-state index contributed by atoms with van der Waals surface area (Å²) in [7, 11) is 0. The highest BCUT2D eigenvalue weighted by atomic mass is 32.1. The lowest BCUT2D eigenvalue weighted by molar-refractivity contribution is -0.119. The number of halogens is 2. The van der Waals surface area contributed by atoms with E-state index in [-0.39, 0.29) is 11.4 Å². The summed E-state index contributed by atoms with van der Waals surface area (Å²) in [5.41, 5.74) is 1.61. The number of carbonyl (C=O) groups excluding carboxylic acids is 2. The fraction of sp³-hybridized carbons (Fsp3) is 0.368. The van der Waals surface area contributed by atoms with Crippen LogP contribution in [0.3, 0.4) is 0 Å². The van der Waals surface area contributed by atoms with E-state index in [1.54, 1.807) is 11.4 Å². The van der Waals surface area contributed by atoms with Crippen LogP contribution >= 0.6 is 11.3 Å². The van der Waals surface area contributed by atoms with Gasteiger partial charge in [0.15, 0.2) is 6.61 Å². The first-order valence-corrected chi connectivity index (χ1v) is 9.42. The fourth-order valence-electron chi connectivity index (χ4n) is 3.01. The molecule has 0 radical (unpaired) electrons. The molecule has 2 aromatic rings. The zero-order valence-corrected chi connectivity index (χ0v) is 15.5. The summed E-state index contributed by atoms with van der Waals surface area (Å²) in [6.45, 7) is -1.34. The molecular formula is C19H19F2NO4S. The van der Waals surface area contributed by atoms with Crippen molar-refractivity contribution in [2.75, 3.05) is 11.9 Å². The molecular weight excluding hydrogens is 376 g/mol. The zero-order chi connectivity index (χ0) is 19.4. The minimum atomic E-state index is -3.01. The van der Waals surface area contributed by atoms with E-state index in [4.69, 9.17) is 4.74 Å². The molecule has 0 saturated heterocycles. The van der Waals surface area contributed by atoms with E-state index >= 15 is 0 Å². The normalized spacial score (nSPS) is 15.9. The molecule has 0 saturated carbocycles. The summed E-state index contributed by atoms with van der Waals surface area (Å²) in [4.78, 5) is 25.5. The van der Waals surface area contributed by atoms with Crippen LogP contribution in [0.15, 0.2) is 29.6 Å². The number of esters is 1. The van der Waals surface area contributed by atoms with Gasteiger partial charge in [0.2, 0.25) is 0 Å². The third-order valence-electron chi connectivity index (χ3n) is 4.33. The number of rotatable bonds is 6. The van der Waals surface area contributed by atoms with Crippen molar-refractivity contribution >= 4 is 28.9 Å². The average molecular weight is 395 g/mol. The van der Waals surface area contributed by atoms with Crippen LogP contribution in [0.4, 0.5) is 14.5 Å². The number of benzene rings is 1. The highest BCUT2D eigenvalue weighted by molar-refractivity contribution is 7.10. The Bertz CT molecular complexity index is 837. The highest BCUT2D eigenvalue weighted by Gasteiger charge is 2.24. The van der Waals surface area contributed by atoms with Crippen molar-refractivity contribution in [1.82, 2.24) is 0 Å². The molecule has 27 heavy (non-hydrogen) atoms. The van der Waals surface area contributed by atoms with Crippen LogP contribution < -0.4 is 10.1 Å². The summed E-state index contributed by atoms with van der Waals surface area (Å²) >= 11 is 1.54. The minimum Gasteiger partial charge on any atom is -0.452 e. The Morgan fingerprint density at radius 3 is 2.89 bits per heavy atom. The van der Waals surface area contributed by atoms with E-state index in [9.17, 15) is 18.4 Å². The number of nitrogens with one attached hydrogen (secondary N) is 1. The maximum atomic E-state index is 12.4. The Kier molecular flexibility index (Phi) is 6.05. The van der Waals surface area contributed by atoms with Crippen LogP contribution in [0, 0.1) is 5.92 Å². The first-order chi connectivity index (χ1) is 12.9. The molecule has 1 aromatic heterocycles. The molecule has 1 aliphatic carbocycles. The van der Waals surface area contributed by atoms with Crippen LogP contribution in [0.1, 0.15) is 34.1 Å². The molecule has 0 bridgehead atoms. The minimum absolute atomic E-state index is 0.0840. The number of anilines is 1. The van der Waals surface area contributed by atoms with Gasteiger partial charge >= 0.3 is 12.6 Å². The number of alkyl halides is 2. The van der Waals surface area contributed by atoms with Gasteiger partial charge in [0.05, 0.1) is 11.3 Å². The number of hydrogen-bond acceptors (Lipinski definition) is 5. The van der Waals surface area contributed by atoms with Crippen LogP contribution in [0.25, 0.3) is 0 Å². The highest BCUT2D eigenvalue weighted by Crippen LogP contribution is 2.33. The van der Waals surface area contributed by atoms with E-state index in [0.717, 1.165) is 24.8 Å². The van der Waals surface area contributed by atoms with Crippen molar-refractivity contribution < 1.29 is 27.8 Å². The summed E-state index contributed by atoms with van der Waals surface area (Å²) in [6, 6.07) is 5.81. The van der Waals surface area contributed by atoms with Crippen molar-refractivity contribution in [3.8, 4) is 5.75 Å². The number of para-hydroxylation sites is 2. The molecule has 5 nitrogen and oxygen atoms in total. The zero-order valence-electron chi connectivity index (χ0n) is 14.7. The maximum absolute atomic E-state index is 12.4. The summed E-state index contributed by atoms with van der Waals surface area (Å²) < 4.78 is 34.3. The maximum Gasteiger partial charge on any atom is 0.387 e. The lowest BCUT2D eigenvalue weighted by Gasteiger charge is -2.18. The topological polar surface area (TPSA) is 64.6 Å². The Labute approximate surface area is 159 Å². The van der Waals surface area contributed by atoms with Gasteiger partial charge in [-0.05, 0) is 42.9 Å². The van der Waals surface area contributed by atoms with E-state index in [1.165, 1.54) is 34.4 Å². The van der Waals surface area contributed by atoms with Gasteiger partial charge in [0.1, 0.15) is 5.75 Å². The molecule has 1 heterocycles. The Hall–Kier alpha value is -2.48. The predicted molar refractivity (Wildman–Crippen MR) is 97.5 cm³/mol. The quantitative estimate of drug-likeness (QED) is 0.742. The van der Waals surface area contributed by atoms with Crippen molar-refractivity contribution in [2.24, 2.45) is 5.92 Å². The van der Waals surface area contributed by atoms with Crippen molar-refractivity contribution in [2.45, 2.75) is 32.8 Å². The monoisotopic (exact) mass is 395 g/mol. The SMILES string of the molecule is CC1CCc2c(C(=O)OCC(=O)Nc3ccccc3OC(F)F)csc2C1. The van der Waals surface area contributed by atoms with Crippen molar-refractivity contribution in [3.63, 3.8) is 0 Å². The summed E-state index contributed by atoms with van der Waals surface area (Å²) in [5.74, 6) is -0.741. The van der Waals surface area contributed by atoms with Crippen LogP contribution in [-0.2, 0) is 22.4 Å². The van der Waals surface area contributed by atoms with Crippen molar-refractivity contribution in [3.05, 3.63) is 45.6 Å². The first kappa shape index (κ1) is 19.3. The smallest absolute Gasteiger partial charge is 0.387 e. The number of ether oxygens (including phenoxy) is 2. The van der Waals surface area contributed by atoms with Gasteiger partial charge in [-0.15, -0.1) is 11.3 Å². The number of thiophene rings is 1. The standard InChI is InChI=1S/C19H19F2NO4S/c1-11-6-7-12-13(10-27-16(12)8-11)18(24)25-9-17(23)22-14-4-2-3-5-15(14)26-19(20)21/h2-5,10-11,19H,6-9H2,1H3,(H,22,23). The largest absolute Gasteiger partial charge is 0.452 e. The third-order valence-corrected chi connectivity index (χ3v) is 5.38. The van der Waals surface area contributed by atoms with E-state index in [2.05, 4.69) is 17.0 Å². The Balaban J connectivity index is 1.58. The van der Waals surface area contributed by atoms with Crippen LogP contribution in [0.5, 0.6) is 5.75 Å². The molecule has 1 aromatic carbocycles. The van der Waals surface area contributed by atoms with Gasteiger partial charge < -0.3 is 14.8 Å². The molecule has 3 rings (SSSR count). The second-order valence-corrected chi connectivity index (χ2v) is 7.36. The molecule has 1 N–H and O–H groups in total. The lowest BCUT2D eigenvalue weighted by Crippen LogP contribution is -2.22. The number of hydrogen-bond donors (Lipinski definition) is 1. The van der Waals surface area contributed by atoms with E-state index in [1.807, 2.05) is 0 Å². The Morgan fingerprint density at radius 2 is 2.11 bits per heavy atom. The Morgan fingerprint density at radius 1 is 1.33 bits per heavy atom.